The van der Waals surface area contributed by atoms with E-state index in [2.05, 4.69) is 0 Å². The molecule has 12 nitrogen and oxygen atoms in total. The van der Waals surface area contributed by atoms with Crippen molar-refractivity contribution >= 4 is 66.2 Å². The molecule has 0 aromatic carbocycles. The first-order valence-electron chi connectivity index (χ1n) is 10.6. The Kier molecular flexibility index (Phi) is 12.7. The lowest BCUT2D eigenvalue weighted by molar-refractivity contribution is -0.273. The van der Waals surface area contributed by atoms with Crippen LogP contribution in [0.1, 0.15) is 40.5 Å². The molecule has 1 saturated heterocycles. The molecule has 0 saturated carbocycles. The second-order valence-corrected chi connectivity index (χ2v) is 11.8. The van der Waals surface area contributed by atoms with Gasteiger partial charge in [0.15, 0.2) is 6.10 Å². The highest BCUT2D eigenvalue weighted by molar-refractivity contribution is 7.53. The van der Waals surface area contributed by atoms with Gasteiger partial charge in [0, 0.05) is 19.8 Å². The van der Waals surface area contributed by atoms with Crippen LogP contribution in [0.2, 0.25) is 0 Å². The number of carbonyl (C=O) groups excluding carboxylic acids is 2. The van der Waals surface area contributed by atoms with Crippen molar-refractivity contribution in [3.05, 3.63) is 0 Å². The van der Waals surface area contributed by atoms with Crippen molar-refractivity contribution in [2.45, 2.75) is 68.9 Å². The molecule has 0 aromatic rings. The van der Waals surface area contributed by atoms with E-state index < -0.39 is 72.1 Å². The van der Waals surface area contributed by atoms with Gasteiger partial charge in [0.2, 0.25) is 18.3 Å². The highest BCUT2D eigenvalue weighted by Crippen LogP contribution is 2.50. The summed E-state index contributed by atoms with van der Waals surface area (Å²) in [6, 6.07) is 0. The van der Waals surface area contributed by atoms with Crippen LogP contribution in [0, 0.1) is 11.3 Å². The Morgan fingerprint density at radius 2 is 1.51 bits per heavy atom. The number of carbonyl (C=O) groups is 3. The first-order chi connectivity index (χ1) is 16.1. The summed E-state index contributed by atoms with van der Waals surface area (Å²) in [7, 11) is -3.57. The van der Waals surface area contributed by atoms with Crippen LogP contribution in [0.5, 0.6) is 0 Å². The molecule has 1 aliphatic rings. The molecular weight excluding hydrogens is 556 g/mol. The van der Waals surface area contributed by atoms with Crippen molar-refractivity contribution in [2.24, 2.45) is 5.92 Å². The fourth-order valence-electron chi connectivity index (χ4n) is 3.48. The molecule has 1 rings (SSSR count). The summed E-state index contributed by atoms with van der Waals surface area (Å²) in [5.41, 5.74) is 0. The van der Waals surface area contributed by atoms with Gasteiger partial charge in [-0.25, -0.2) is 0 Å². The van der Waals surface area contributed by atoms with Crippen LogP contribution in [0.15, 0.2) is 0 Å². The molecular formula is C19H29Cl3NO11P. The van der Waals surface area contributed by atoms with E-state index in [1.807, 2.05) is 0 Å². The van der Waals surface area contributed by atoms with Gasteiger partial charge < -0.3 is 33.1 Å². The molecule has 1 heterocycles. The number of ether oxygens (including phenoxy) is 4. The van der Waals surface area contributed by atoms with Crippen LogP contribution in [-0.4, -0.2) is 76.7 Å². The first-order valence-corrected chi connectivity index (χ1v) is 13.4. The van der Waals surface area contributed by atoms with Gasteiger partial charge in [-0.1, -0.05) is 34.8 Å². The van der Waals surface area contributed by atoms with Crippen LogP contribution in [0.25, 0.3) is 0 Å². The number of carboxylic acids is 1. The summed E-state index contributed by atoms with van der Waals surface area (Å²) in [6.45, 7) is 5.58. The maximum Gasteiger partial charge on any atom is 0.330 e. The molecule has 35 heavy (non-hydrogen) atoms. The van der Waals surface area contributed by atoms with Crippen LogP contribution < -0.4 is 0 Å². The number of alkyl halides is 3. The van der Waals surface area contributed by atoms with E-state index in [0.29, 0.717) is 0 Å². The molecule has 0 radical (unpaired) electrons. The maximum atomic E-state index is 13.0. The van der Waals surface area contributed by atoms with Gasteiger partial charge in [-0.15, -0.1) is 0 Å². The number of nitrogens with one attached hydrogen (secondary N) is 1. The minimum atomic E-state index is -3.57. The highest BCUT2D eigenvalue weighted by atomic mass is 35.6. The quantitative estimate of drug-likeness (QED) is 0.113. The molecule has 16 heteroatoms. The van der Waals surface area contributed by atoms with Gasteiger partial charge in [-0.3, -0.25) is 24.4 Å². The first kappa shape index (κ1) is 31.9. The number of aliphatic carboxylic acids is 1. The van der Waals surface area contributed by atoms with Crippen LogP contribution >= 0.6 is 42.4 Å². The highest BCUT2D eigenvalue weighted by Gasteiger charge is 2.52. The molecule has 1 fully saturated rings. The molecule has 1 aliphatic heterocycles. The van der Waals surface area contributed by atoms with E-state index in [9.17, 15) is 24.1 Å². The minimum absolute atomic E-state index is 0.0953. The molecule has 202 valence electrons. The van der Waals surface area contributed by atoms with E-state index in [4.69, 9.17) is 68.2 Å². The van der Waals surface area contributed by atoms with Crippen LogP contribution in [-0.2, 0) is 46.9 Å². The van der Waals surface area contributed by atoms with E-state index in [1.165, 1.54) is 0 Å². The monoisotopic (exact) mass is 583 g/mol. The number of esters is 2. The van der Waals surface area contributed by atoms with E-state index in [-0.39, 0.29) is 25.8 Å². The summed E-state index contributed by atoms with van der Waals surface area (Å²) in [6.07, 6.45) is -6.50. The fourth-order valence-corrected chi connectivity index (χ4v) is 5.30. The van der Waals surface area contributed by atoms with Crippen molar-refractivity contribution in [2.75, 3.05) is 19.4 Å². The van der Waals surface area contributed by atoms with Crippen molar-refractivity contribution in [3.8, 4) is 0 Å². The van der Waals surface area contributed by atoms with Crippen LogP contribution in [0.4, 0.5) is 0 Å². The van der Waals surface area contributed by atoms with Crippen molar-refractivity contribution in [1.29, 1.82) is 5.41 Å². The number of hydrogen-bond acceptors (Lipinski definition) is 11. The molecule has 0 unspecified atom stereocenters. The second-order valence-electron chi connectivity index (χ2n) is 7.36. The van der Waals surface area contributed by atoms with Crippen molar-refractivity contribution in [3.63, 3.8) is 0 Å². The van der Waals surface area contributed by atoms with Gasteiger partial charge in [-0.05, 0) is 20.3 Å². The zero-order valence-corrected chi connectivity index (χ0v) is 22.7. The summed E-state index contributed by atoms with van der Waals surface area (Å²) in [4.78, 5) is 35.3. The lowest BCUT2D eigenvalue weighted by atomic mass is 9.84. The number of hydrogen-bond donors (Lipinski definition) is 2. The number of rotatable bonds is 12. The maximum absolute atomic E-state index is 13.0. The molecule has 2 N–H and O–H groups in total. The third-order valence-corrected chi connectivity index (χ3v) is 7.27. The van der Waals surface area contributed by atoms with Crippen LogP contribution in [0.3, 0.4) is 0 Å². The summed E-state index contributed by atoms with van der Waals surface area (Å²) >= 11 is 17.1. The Hall–Kier alpha value is -1.14. The van der Waals surface area contributed by atoms with E-state index in [0.717, 1.165) is 13.8 Å². The molecule has 0 aliphatic carbocycles. The topological polar surface area (TPSA) is 168 Å². The predicted molar refractivity (Wildman–Crippen MR) is 125 cm³/mol. The number of halogens is 3. The van der Waals surface area contributed by atoms with Gasteiger partial charge in [0.05, 0.1) is 31.9 Å². The Morgan fingerprint density at radius 3 is 1.94 bits per heavy atom. The Labute approximate surface area is 217 Å². The van der Waals surface area contributed by atoms with Gasteiger partial charge in [0.1, 0.15) is 0 Å². The fraction of sp³-hybridized carbons (Fsp3) is 0.789. The van der Waals surface area contributed by atoms with Gasteiger partial charge in [-0.2, -0.15) is 0 Å². The summed E-state index contributed by atoms with van der Waals surface area (Å²) < 4.78 is 42.9. The second kappa shape index (κ2) is 14.0. The van der Waals surface area contributed by atoms with Crippen molar-refractivity contribution in [1.82, 2.24) is 0 Å². The van der Waals surface area contributed by atoms with Crippen molar-refractivity contribution < 1.29 is 52.1 Å². The molecule has 0 bridgehead atoms. The van der Waals surface area contributed by atoms with E-state index in [1.54, 1.807) is 13.8 Å². The minimum Gasteiger partial charge on any atom is -0.481 e. The average Bonchev–Trinajstić information content (AvgIpc) is 2.69. The zero-order valence-electron chi connectivity index (χ0n) is 19.5. The average molecular weight is 585 g/mol. The molecule has 0 amide bonds. The van der Waals surface area contributed by atoms with Gasteiger partial charge >= 0.3 is 25.5 Å². The molecule has 5 atom stereocenters. The lowest BCUT2D eigenvalue weighted by Crippen LogP contribution is -2.59. The predicted octanol–water partition coefficient (Wildman–Crippen LogP) is 3.69. The van der Waals surface area contributed by atoms with Gasteiger partial charge in [0.25, 0.3) is 3.79 Å². The molecule has 0 aromatic heterocycles. The smallest absolute Gasteiger partial charge is 0.330 e. The Balaban J connectivity index is 3.44. The summed E-state index contributed by atoms with van der Waals surface area (Å²) in [5, 5.41) is 17.4. The largest absolute Gasteiger partial charge is 0.481 e. The lowest BCUT2D eigenvalue weighted by Gasteiger charge is -2.45. The third-order valence-electron chi connectivity index (χ3n) is 4.65. The summed E-state index contributed by atoms with van der Waals surface area (Å²) in [5.74, 6) is -4.90. The normalized spacial score (nSPS) is 24.9. The third kappa shape index (κ3) is 10.4. The Morgan fingerprint density at radius 1 is 1.00 bits per heavy atom. The zero-order chi connectivity index (χ0) is 27.0. The molecule has 0 spiro atoms. The Bertz CT molecular complexity index is 812. The standard InChI is InChI=1S/C19H29Cl3NO11P/c1-5-29-35(28,30-6-2)8-7-13-12(9-14(26)27)15(31-10(3)24)16(32-11(4)25)17(33-13)34-18(23)19(20,21)22/h12-13,15-17,23H,5-9H2,1-4H3,(H,26,27)/t12-,13-,15+,16+,17-/m1/s1. The number of carboxylic acid groups (broad SMARTS) is 1. The SMILES string of the molecule is CCOP(=O)(CC[C@H]1O[C@H](OC(=N)C(Cl)(Cl)Cl)[C@@H](OC(C)=O)[C@@H](OC(C)=O)[C@@H]1CC(=O)O)OCC. The van der Waals surface area contributed by atoms with E-state index >= 15 is 0 Å².